The number of fused-ring (bicyclic) bond motifs is 1. The Balaban J connectivity index is 1.73. The first kappa shape index (κ1) is 18.2. The fourth-order valence-corrected chi connectivity index (χ4v) is 3.00. The van der Waals surface area contributed by atoms with Gasteiger partial charge in [-0.15, -0.1) is 0 Å². The molecular weight excluding hydrogens is 316 g/mol. The number of hydrogen-bond acceptors (Lipinski definition) is 2. The van der Waals surface area contributed by atoms with Crippen LogP contribution in [-0.4, -0.2) is 5.54 Å². The standard InChI is InChI=1S/C24H26N2/c1-18(22-13-7-11-21-10-4-5-12-23(21)22)26-17-20-9-6-8-19(16-20)14-15-24(2,3)25/h4-13,16,18,26H,17,25H2,1-3H3. The summed E-state index contributed by atoms with van der Waals surface area (Å²) < 4.78 is 0. The van der Waals surface area contributed by atoms with Gasteiger partial charge < -0.3 is 11.1 Å². The van der Waals surface area contributed by atoms with Gasteiger partial charge in [0.1, 0.15) is 0 Å². The fraction of sp³-hybridized carbons (Fsp3) is 0.250. The monoisotopic (exact) mass is 342 g/mol. The number of rotatable bonds is 4. The summed E-state index contributed by atoms with van der Waals surface area (Å²) >= 11 is 0. The zero-order valence-electron chi connectivity index (χ0n) is 15.7. The van der Waals surface area contributed by atoms with Gasteiger partial charge in [-0.1, -0.05) is 66.4 Å². The molecule has 3 rings (SSSR count). The summed E-state index contributed by atoms with van der Waals surface area (Å²) in [6.07, 6.45) is 0. The van der Waals surface area contributed by atoms with Gasteiger partial charge in [0.2, 0.25) is 0 Å². The van der Waals surface area contributed by atoms with E-state index in [1.54, 1.807) is 0 Å². The fourth-order valence-electron chi connectivity index (χ4n) is 3.00. The molecule has 2 heteroatoms. The van der Waals surface area contributed by atoms with E-state index >= 15 is 0 Å². The van der Waals surface area contributed by atoms with Crippen molar-refractivity contribution >= 4 is 10.8 Å². The molecule has 3 N–H and O–H groups in total. The van der Waals surface area contributed by atoms with E-state index < -0.39 is 5.54 Å². The quantitative estimate of drug-likeness (QED) is 0.670. The van der Waals surface area contributed by atoms with Crippen LogP contribution in [0.25, 0.3) is 10.8 Å². The lowest BCUT2D eigenvalue weighted by Gasteiger charge is -2.17. The molecule has 3 aromatic rings. The van der Waals surface area contributed by atoms with Crippen molar-refractivity contribution < 1.29 is 0 Å². The molecule has 132 valence electrons. The van der Waals surface area contributed by atoms with Crippen LogP contribution in [-0.2, 0) is 6.54 Å². The molecular formula is C24H26N2. The van der Waals surface area contributed by atoms with Crippen molar-refractivity contribution in [1.82, 2.24) is 5.32 Å². The molecule has 0 fully saturated rings. The van der Waals surface area contributed by atoms with Crippen LogP contribution < -0.4 is 11.1 Å². The van der Waals surface area contributed by atoms with E-state index in [0.29, 0.717) is 0 Å². The summed E-state index contributed by atoms with van der Waals surface area (Å²) in [6.45, 7) is 6.84. The van der Waals surface area contributed by atoms with Crippen LogP contribution in [0.2, 0.25) is 0 Å². The summed E-state index contributed by atoms with van der Waals surface area (Å²) in [7, 11) is 0. The molecule has 0 saturated carbocycles. The molecule has 0 spiro atoms. The van der Waals surface area contributed by atoms with E-state index in [0.717, 1.165) is 12.1 Å². The van der Waals surface area contributed by atoms with Crippen molar-refractivity contribution in [3.05, 3.63) is 83.4 Å². The van der Waals surface area contributed by atoms with Gasteiger partial charge in [0.15, 0.2) is 0 Å². The largest absolute Gasteiger partial charge is 0.316 e. The van der Waals surface area contributed by atoms with E-state index in [1.165, 1.54) is 21.9 Å². The zero-order valence-corrected chi connectivity index (χ0v) is 15.7. The van der Waals surface area contributed by atoms with Crippen molar-refractivity contribution in [1.29, 1.82) is 0 Å². The maximum atomic E-state index is 5.94. The Hall–Kier alpha value is -2.60. The smallest absolute Gasteiger partial charge is 0.0722 e. The predicted molar refractivity (Wildman–Crippen MR) is 111 cm³/mol. The van der Waals surface area contributed by atoms with E-state index in [1.807, 2.05) is 26.0 Å². The lowest BCUT2D eigenvalue weighted by atomic mass is 9.99. The van der Waals surface area contributed by atoms with Crippen molar-refractivity contribution in [2.24, 2.45) is 5.73 Å². The third kappa shape index (κ3) is 4.73. The second-order valence-corrected chi connectivity index (χ2v) is 7.34. The van der Waals surface area contributed by atoms with Crippen LogP contribution in [0, 0.1) is 11.8 Å². The van der Waals surface area contributed by atoms with Crippen LogP contribution in [0.5, 0.6) is 0 Å². The van der Waals surface area contributed by atoms with Gasteiger partial charge in [0, 0.05) is 18.2 Å². The second-order valence-electron chi connectivity index (χ2n) is 7.34. The summed E-state index contributed by atoms with van der Waals surface area (Å²) in [4.78, 5) is 0. The normalized spacial score (nSPS) is 12.5. The van der Waals surface area contributed by atoms with Crippen molar-refractivity contribution in [2.45, 2.75) is 38.9 Å². The second kappa shape index (κ2) is 7.74. The van der Waals surface area contributed by atoms with Crippen molar-refractivity contribution in [2.75, 3.05) is 0 Å². The predicted octanol–water partition coefficient (Wildman–Crippen LogP) is 4.78. The Morgan fingerprint density at radius 1 is 1.00 bits per heavy atom. The Morgan fingerprint density at radius 2 is 1.73 bits per heavy atom. The van der Waals surface area contributed by atoms with Crippen LogP contribution in [0.1, 0.15) is 43.5 Å². The summed E-state index contributed by atoms with van der Waals surface area (Å²) in [5.41, 5.74) is 9.01. The minimum atomic E-state index is -0.475. The third-order valence-electron chi connectivity index (χ3n) is 4.36. The first-order valence-corrected chi connectivity index (χ1v) is 9.04. The number of benzene rings is 3. The summed E-state index contributed by atoms with van der Waals surface area (Å²) in [5, 5.41) is 6.22. The van der Waals surface area contributed by atoms with E-state index in [-0.39, 0.29) is 6.04 Å². The van der Waals surface area contributed by atoms with E-state index in [9.17, 15) is 0 Å². The number of nitrogens with two attached hydrogens (primary N) is 1. The Bertz CT molecular complexity index is 950. The highest BCUT2D eigenvalue weighted by Gasteiger charge is 2.09. The van der Waals surface area contributed by atoms with Gasteiger partial charge in [0.05, 0.1) is 5.54 Å². The topological polar surface area (TPSA) is 38.0 Å². The molecule has 0 aliphatic heterocycles. The first-order chi connectivity index (χ1) is 12.4. The lowest BCUT2D eigenvalue weighted by Crippen LogP contribution is -2.29. The number of hydrogen-bond donors (Lipinski definition) is 2. The maximum Gasteiger partial charge on any atom is 0.0722 e. The van der Waals surface area contributed by atoms with Gasteiger partial charge in [-0.25, -0.2) is 0 Å². The molecule has 0 heterocycles. The Morgan fingerprint density at radius 3 is 2.54 bits per heavy atom. The molecule has 0 radical (unpaired) electrons. The van der Waals surface area contributed by atoms with Gasteiger partial charge in [-0.3, -0.25) is 0 Å². The maximum absolute atomic E-state index is 5.94. The van der Waals surface area contributed by atoms with E-state index in [4.69, 9.17) is 5.73 Å². The van der Waals surface area contributed by atoms with Gasteiger partial charge >= 0.3 is 0 Å². The highest BCUT2D eigenvalue weighted by Crippen LogP contribution is 2.24. The summed E-state index contributed by atoms with van der Waals surface area (Å²) in [5.74, 6) is 6.25. The van der Waals surface area contributed by atoms with Crippen LogP contribution >= 0.6 is 0 Å². The minimum absolute atomic E-state index is 0.263. The molecule has 2 nitrogen and oxygen atoms in total. The molecule has 0 amide bonds. The summed E-state index contributed by atoms with van der Waals surface area (Å²) in [6, 6.07) is 23.6. The highest BCUT2D eigenvalue weighted by atomic mass is 14.9. The number of nitrogens with one attached hydrogen (secondary N) is 1. The van der Waals surface area contributed by atoms with Crippen LogP contribution in [0.4, 0.5) is 0 Å². The van der Waals surface area contributed by atoms with Gasteiger partial charge in [-0.2, -0.15) is 0 Å². The SMILES string of the molecule is CC(NCc1cccc(C#CC(C)(C)N)c1)c1cccc2ccccc12. The molecule has 3 aromatic carbocycles. The molecule has 0 aromatic heterocycles. The van der Waals surface area contributed by atoms with Gasteiger partial charge in [-0.05, 0) is 54.8 Å². The average Bonchev–Trinajstić information content (AvgIpc) is 2.64. The highest BCUT2D eigenvalue weighted by molar-refractivity contribution is 5.86. The first-order valence-electron chi connectivity index (χ1n) is 9.04. The zero-order chi connectivity index (χ0) is 18.6. The molecule has 26 heavy (non-hydrogen) atoms. The molecule has 0 bridgehead atoms. The lowest BCUT2D eigenvalue weighted by molar-refractivity contribution is 0.578. The Kier molecular flexibility index (Phi) is 5.42. The van der Waals surface area contributed by atoms with Crippen LogP contribution in [0.3, 0.4) is 0 Å². The van der Waals surface area contributed by atoms with Crippen molar-refractivity contribution in [3.8, 4) is 11.8 Å². The minimum Gasteiger partial charge on any atom is -0.316 e. The molecule has 0 aliphatic carbocycles. The molecule has 1 unspecified atom stereocenters. The van der Waals surface area contributed by atoms with Crippen LogP contribution in [0.15, 0.2) is 66.7 Å². The average molecular weight is 342 g/mol. The molecule has 0 saturated heterocycles. The third-order valence-corrected chi connectivity index (χ3v) is 4.36. The van der Waals surface area contributed by atoms with Gasteiger partial charge in [0.25, 0.3) is 0 Å². The molecule has 1 atom stereocenters. The Labute approximate surface area is 156 Å². The van der Waals surface area contributed by atoms with Crippen molar-refractivity contribution in [3.63, 3.8) is 0 Å². The van der Waals surface area contributed by atoms with E-state index in [2.05, 4.69) is 78.7 Å². The molecule has 0 aliphatic rings.